The number of anilines is 1. The Labute approximate surface area is 99.4 Å². The second kappa shape index (κ2) is 6.01. The Morgan fingerprint density at radius 2 is 2.12 bits per heavy atom. The number of hydrogen-bond acceptors (Lipinski definition) is 3. The van der Waals surface area contributed by atoms with E-state index in [2.05, 4.69) is 0 Å². The third-order valence-electron chi connectivity index (χ3n) is 2.18. The predicted molar refractivity (Wildman–Crippen MR) is 68.0 cm³/mol. The van der Waals surface area contributed by atoms with Crippen LogP contribution in [0.5, 0.6) is 0 Å². The normalized spacial score (nSPS) is 13.0. The monoisotopic (exact) mass is 241 g/mol. The molecule has 0 aliphatic carbocycles. The smallest absolute Gasteiger partial charge is 0.0588 e. The molecule has 2 N–H and O–H groups in total. The lowest BCUT2D eigenvalue weighted by Crippen LogP contribution is -2.11. The van der Waals surface area contributed by atoms with E-state index in [9.17, 15) is 4.21 Å². The lowest BCUT2D eigenvalue weighted by Gasteiger charge is -2.09. The number of benzene rings is 1. The Hall–Kier alpha value is -0.870. The van der Waals surface area contributed by atoms with Gasteiger partial charge in [0.1, 0.15) is 0 Å². The molecule has 1 atom stereocenters. The zero-order valence-corrected chi connectivity index (χ0v) is 10.8. The van der Waals surface area contributed by atoms with Gasteiger partial charge < -0.3 is 10.5 Å². The Bertz CT molecular complexity index is 377. The third-order valence-corrected chi connectivity index (χ3v) is 3.65. The van der Waals surface area contributed by atoms with Crippen LogP contribution in [0.1, 0.15) is 19.4 Å². The van der Waals surface area contributed by atoms with E-state index in [1.54, 1.807) is 6.07 Å². The fraction of sp³-hybridized carbons (Fsp3) is 0.500. The molecule has 0 saturated heterocycles. The van der Waals surface area contributed by atoms with Gasteiger partial charge in [0.2, 0.25) is 0 Å². The fourth-order valence-corrected chi connectivity index (χ4v) is 2.49. The molecule has 0 fully saturated rings. The zero-order valence-electron chi connectivity index (χ0n) is 10.0. The minimum atomic E-state index is -1.03. The van der Waals surface area contributed by atoms with Crippen molar-refractivity contribution in [1.82, 2.24) is 0 Å². The van der Waals surface area contributed by atoms with Crippen molar-refractivity contribution in [3.05, 3.63) is 23.8 Å². The van der Waals surface area contributed by atoms with E-state index in [-0.39, 0.29) is 6.10 Å². The molecular formula is C12H19NO2S. The van der Waals surface area contributed by atoms with E-state index in [1.807, 2.05) is 32.9 Å². The highest BCUT2D eigenvalue weighted by molar-refractivity contribution is 7.85. The summed E-state index contributed by atoms with van der Waals surface area (Å²) < 4.78 is 17.4. The molecule has 1 rings (SSSR count). The number of rotatable bonds is 5. The minimum Gasteiger partial charge on any atom is -0.399 e. The van der Waals surface area contributed by atoms with E-state index in [0.29, 0.717) is 18.0 Å². The standard InChI is InChI=1S/C12H19NO2S/c1-9(2)15-6-7-16(14)12-8-11(13)5-4-10(12)3/h4-5,8-9H,6-7,13H2,1-3H3. The maximum atomic E-state index is 12.0. The van der Waals surface area contributed by atoms with E-state index in [0.717, 1.165) is 10.5 Å². The first-order valence-electron chi connectivity index (χ1n) is 5.37. The summed E-state index contributed by atoms with van der Waals surface area (Å²) in [5.74, 6) is 0.516. The fourth-order valence-electron chi connectivity index (χ4n) is 1.33. The lowest BCUT2D eigenvalue weighted by molar-refractivity contribution is 0.0916. The Morgan fingerprint density at radius 3 is 2.75 bits per heavy atom. The highest BCUT2D eigenvalue weighted by atomic mass is 32.2. The van der Waals surface area contributed by atoms with Crippen LogP contribution in [0.25, 0.3) is 0 Å². The number of nitrogen functional groups attached to an aromatic ring is 1. The molecule has 0 aliphatic rings. The van der Waals surface area contributed by atoms with Crippen molar-refractivity contribution in [2.45, 2.75) is 31.8 Å². The van der Waals surface area contributed by atoms with Gasteiger partial charge in [-0.1, -0.05) is 6.07 Å². The van der Waals surface area contributed by atoms with Crippen molar-refractivity contribution >= 4 is 16.5 Å². The molecule has 0 amide bonds. The van der Waals surface area contributed by atoms with Crippen LogP contribution in [-0.4, -0.2) is 22.7 Å². The number of aryl methyl sites for hydroxylation is 1. The Balaban J connectivity index is 2.62. The predicted octanol–water partition coefficient (Wildman–Crippen LogP) is 2.11. The molecule has 1 aromatic carbocycles. The Kier molecular flexibility index (Phi) is 4.96. The zero-order chi connectivity index (χ0) is 12.1. The number of ether oxygens (including phenoxy) is 1. The molecule has 3 nitrogen and oxygen atoms in total. The van der Waals surface area contributed by atoms with Crippen molar-refractivity contribution in [3.63, 3.8) is 0 Å². The number of nitrogens with two attached hydrogens (primary N) is 1. The van der Waals surface area contributed by atoms with Crippen molar-refractivity contribution in [3.8, 4) is 0 Å². The van der Waals surface area contributed by atoms with Gasteiger partial charge in [0, 0.05) is 10.6 Å². The third kappa shape index (κ3) is 3.94. The topological polar surface area (TPSA) is 52.3 Å². The molecule has 0 bridgehead atoms. The summed E-state index contributed by atoms with van der Waals surface area (Å²) in [7, 11) is -1.03. The summed E-state index contributed by atoms with van der Waals surface area (Å²) in [6, 6.07) is 5.49. The van der Waals surface area contributed by atoms with Gasteiger partial charge in [-0.2, -0.15) is 0 Å². The van der Waals surface area contributed by atoms with E-state index >= 15 is 0 Å². The van der Waals surface area contributed by atoms with Gasteiger partial charge in [-0.25, -0.2) is 0 Å². The van der Waals surface area contributed by atoms with Gasteiger partial charge >= 0.3 is 0 Å². The molecule has 0 radical (unpaired) electrons. The molecule has 1 aromatic rings. The van der Waals surface area contributed by atoms with Crippen molar-refractivity contribution in [2.75, 3.05) is 18.1 Å². The Morgan fingerprint density at radius 1 is 1.44 bits per heavy atom. The van der Waals surface area contributed by atoms with Crippen LogP contribution in [0.2, 0.25) is 0 Å². The molecule has 0 aliphatic heterocycles. The van der Waals surface area contributed by atoms with Crippen molar-refractivity contribution in [1.29, 1.82) is 0 Å². The van der Waals surface area contributed by atoms with Crippen molar-refractivity contribution < 1.29 is 8.95 Å². The highest BCUT2D eigenvalue weighted by Crippen LogP contribution is 2.16. The van der Waals surface area contributed by atoms with Crippen LogP contribution in [-0.2, 0) is 15.5 Å². The van der Waals surface area contributed by atoms with Crippen LogP contribution in [0.15, 0.2) is 23.1 Å². The van der Waals surface area contributed by atoms with Gasteiger partial charge in [0.25, 0.3) is 0 Å². The first-order valence-corrected chi connectivity index (χ1v) is 6.68. The van der Waals surface area contributed by atoms with E-state index < -0.39 is 10.8 Å². The first kappa shape index (κ1) is 13.2. The summed E-state index contributed by atoms with van der Waals surface area (Å²) in [5, 5.41) is 0. The molecule has 0 saturated carbocycles. The molecule has 90 valence electrons. The quantitative estimate of drug-likeness (QED) is 0.803. The highest BCUT2D eigenvalue weighted by Gasteiger charge is 2.08. The summed E-state index contributed by atoms with van der Waals surface area (Å²) in [6.07, 6.45) is 0.180. The molecule has 1 unspecified atom stereocenters. The van der Waals surface area contributed by atoms with Gasteiger partial charge in [-0.05, 0) is 38.5 Å². The van der Waals surface area contributed by atoms with Gasteiger partial charge in [-0.15, -0.1) is 0 Å². The summed E-state index contributed by atoms with van der Waals surface area (Å²) in [4.78, 5) is 0.812. The van der Waals surface area contributed by atoms with Crippen molar-refractivity contribution in [2.24, 2.45) is 0 Å². The molecular weight excluding hydrogens is 222 g/mol. The van der Waals surface area contributed by atoms with E-state index in [4.69, 9.17) is 10.5 Å². The second-order valence-electron chi connectivity index (χ2n) is 3.99. The van der Waals surface area contributed by atoms with Crippen LogP contribution >= 0.6 is 0 Å². The largest absolute Gasteiger partial charge is 0.399 e. The lowest BCUT2D eigenvalue weighted by atomic mass is 10.2. The maximum absolute atomic E-state index is 12.0. The van der Waals surface area contributed by atoms with Crippen LogP contribution in [0.4, 0.5) is 5.69 Å². The van der Waals surface area contributed by atoms with Crippen LogP contribution < -0.4 is 5.73 Å². The maximum Gasteiger partial charge on any atom is 0.0588 e. The van der Waals surface area contributed by atoms with Crippen LogP contribution in [0, 0.1) is 6.92 Å². The van der Waals surface area contributed by atoms with Gasteiger partial charge in [0.05, 0.1) is 29.3 Å². The molecule has 0 spiro atoms. The average molecular weight is 241 g/mol. The molecule has 0 heterocycles. The minimum absolute atomic E-state index is 0.180. The summed E-state index contributed by atoms with van der Waals surface area (Å²) in [5.41, 5.74) is 7.34. The van der Waals surface area contributed by atoms with Gasteiger partial charge in [0.15, 0.2) is 0 Å². The second-order valence-corrected chi connectivity index (χ2v) is 5.53. The first-order chi connectivity index (χ1) is 7.50. The summed E-state index contributed by atoms with van der Waals surface area (Å²) >= 11 is 0. The van der Waals surface area contributed by atoms with Gasteiger partial charge in [-0.3, -0.25) is 4.21 Å². The van der Waals surface area contributed by atoms with E-state index in [1.165, 1.54) is 0 Å². The SMILES string of the molecule is Cc1ccc(N)cc1S(=O)CCOC(C)C. The average Bonchev–Trinajstić information content (AvgIpc) is 2.21. The molecule has 4 heteroatoms. The number of hydrogen-bond donors (Lipinski definition) is 1. The van der Waals surface area contributed by atoms with Crippen LogP contribution in [0.3, 0.4) is 0 Å². The molecule has 16 heavy (non-hydrogen) atoms. The molecule has 0 aromatic heterocycles. The summed E-state index contributed by atoms with van der Waals surface area (Å²) in [6.45, 7) is 6.39.